The number of hydrogen-bond acceptors (Lipinski definition) is 8. The summed E-state index contributed by atoms with van der Waals surface area (Å²) in [5.74, 6) is 0.745. The Balaban J connectivity index is 1.64. The second kappa shape index (κ2) is 12.4. The Morgan fingerprint density at radius 1 is 1.20 bits per heavy atom. The summed E-state index contributed by atoms with van der Waals surface area (Å²) in [6, 6.07) is 6.32. The fourth-order valence-electron chi connectivity index (χ4n) is 4.58. The minimum Gasteiger partial charge on any atom is -0.360 e. The normalized spacial score (nSPS) is 15.5. The molecule has 41 heavy (non-hydrogen) atoms. The van der Waals surface area contributed by atoms with E-state index in [1.54, 1.807) is 24.5 Å². The maximum Gasteiger partial charge on any atom is 0.267 e. The van der Waals surface area contributed by atoms with Gasteiger partial charge in [-0.05, 0) is 70.2 Å². The molecule has 224 valence electrons. The molecule has 3 aromatic rings. The molecule has 0 fully saturated rings. The third-order valence-corrected chi connectivity index (χ3v) is 11.5. The van der Waals surface area contributed by atoms with E-state index in [9.17, 15) is 8.42 Å². The van der Waals surface area contributed by atoms with E-state index in [-0.39, 0.29) is 34.2 Å². The van der Waals surface area contributed by atoms with E-state index in [4.69, 9.17) is 20.9 Å². The second-order valence-electron chi connectivity index (χ2n) is 12.7. The minimum atomic E-state index is -4.04. The van der Waals surface area contributed by atoms with Gasteiger partial charge in [-0.15, -0.1) is 0 Å². The van der Waals surface area contributed by atoms with Crippen LogP contribution in [0.15, 0.2) is 44.5 Å². The molecule has 0 saturated heterocycles. The summed E-state index contributed by atoms with van der Waals surface area (Å²) in [6.07, 6.45) is 4.28. The summed E-state index contributed by atoms with van der Waals surface area (Å²) in [6.45, 7) is 16.5. The number of nitrogens with zero attached hydrogens (tertiary/aromatic N) is 5. The van der Waals surface area contributed by atoms with Crippen molar-refractivity contribution in [1.82, 2.24) is 20.0 Å². The highest BCUT2D eigenvalue weighted by molar-refractivity contribution is 9.10. The van der Waals surface area contributed by atoms with Crippen LogP contribution in [0.3, 0.4) is 0 Å². The first-order chi connectivity index (χ1) is 19.1. The van der Waals surface area contributed by atoms with Gasteiger partial charge in [0, 0.05) is 57.2 Å². The second-order valence-corrected chi connectivity index (χ2v) is 21.3. The fourth-order valence-corrected chi connectivity index (χ4v) is 7.86. The smallest absolute Gasteiger partial charge is 0.267 e. The predicted octanol–water partition coefficient (Wildman–Crippen LogP) is 6.80. The third-order valence-electron chi connectivity index (χ3n) is 7.22. The van der Waals surface area contributed by atoms with Crippen LogP contribution in [-0.4, -0.2) is 56.4 Å². The van der Waals surface area contributed by atoms with Crippen LogP contribution in [0.4, 0.5) is 5.82 Å². The number of aromatic nitrogens is 3. The van der Waals surface area contributed by atoms with Crippen molar-refractivity contribution in [3.8, 4) is 0 Å². The Labute approximate surface area is 257 Å². The summed E-state index contributed by atoms with van der Waals surface area (Å²) < 4.78 is 41.7. The van der Waals surface area contributed by atoms with Gasteiger partial charge in [0.2, 0.25) is 11.1 Å². The fraction of sp³-hybridized carbons (Fsp3) is 0.536. The van der Waals surface area contributed by atoms with Crippen molar-refractivity contribution in [2.24, 2.45) is 0 Å². The van der Waals surface area contributed by atoms with Crippen molar-refractivity contribution in [2.75, 3.05) is 24.2 Å². The Hall–Kier alpha value is -1.83. The predicted molar refractivity (Wildman–Crippen MR) is 168 cm³/mol. The van der Waals surface area contributed by atoms with Gasteiger partial charge in [-0.25, -0.2) is 22.7 Å². The highest BCUT2D eigenvalue weighted by atomic mass is 79.9. The third kappa shape index (κ3) is 7.58. The zero-order valence-electron chi connectivity index (χ0n) is 24.7. The van der Waals surface area contributed by atoms with Crippen LogP contribution in [-0.2, 0) is 33.1 Å². The van der Waals surface area contributed by atoms with Crippen LogP contribution < -0.4 is 4.31 Å². The molecule has 0 aliphatic carbocycles. The van der Waals surface area contributed by atoms with Crippen LogP contribution in [0.25, 0.3) is 0 Å². The molecule has 0 N–H and O–H groups in total. The van der Waals surface area contributed by atoms with E-state index >= 15 is 0 Å². The molecule has 1 aromatic carbocycles. The van der Waals surface area contributed by atoms with Gasteiger partial charge in [0.1, 0.15) is 11.2 Å². The summed E-state index contributed by atoms with van der Waals surface area (Å²) in [5, 5.41) is 4.40. The van der Waals surface area contributed by atoms with Crippen molar-refractivity contribution in [2.45, 2.75) is 82.7 Å². The minimum absolute atomic E-state index is 0.0406. The SMILES string of the molecule is C[C@H](c1cnc(Cl)nc1)N1CCc2ccc(S(=O)(=O)N(COCC[Si](C)(C)C)c3noc(C(C)(C)C)c3Br)cc2C1. The molecule has 0 radical (unpaired) electrons. The van der Waals surface area contributed by atoms with Crippen LogP contribution in [0.1, 0.15) is 56.2 Å². The van der Waals surface area contributed by atoms with E-state index in [1.807, 2.05) is 26.8 Å². The summed E-state index contributed by atoms with van der Waals surface area (Å²) in [7, 11) is -5.40. The number of halogens is 2. The zero-order chi connectivity index (χ0) is 30.2. The van der Waals surface area contributed by atoms with Gasteiger partial charge < -0.3 is 9.26 Å². The lowest BCUT2D eigenvalue weighted by Gasteiger charge is -2.34. The topological polar surface area (TPSA) is 102 Å². The molecular formula is C28H39BrClN5O4SSi. The van der Waals surface area contributed by atoms with Crippen molar-refractivity contribution in [3.05, 3.63) is 62.8 Å². The maximum atomic E-state index is 14.2. The number of benzene rings is 1. The van der Waals surface area contributed by atoms with E-state index in [0.717, 1.165) is 35.7 Å². The van der Waals surface area contributed by atoms with Gasteiger partial charge in [-0.3, -0.25) is 4.90 Å². The van der Waals surface area contributed by atoms with E-state index < -0.39 is 18.1 Å². The number of anilines is 1. The van der Waals surface area contributed by atoms with Gasteiger partial charge in [0.25, 0.3) is 10.0 Å². The molecule has 0 unspecified atom stereocenters. The molecule has 9 nitrogen and oxygen atoms in total. The number of hydrogen-bond donors (Lipinski definition) is 0. The molecule has 0 amide bonds. The van der Waals surface area contributed by atoms with Crippen molar-refractivity contribution >= 4 is 51.4 Å². The van der Waals surface area contributed by atoms with Crippen molar-refractivity contribution in [3.63, 3.8) is 0 Å². The average molecular weight is 685 g/mol. The molecule has 1 aliphatic heterocycles. The standard InChI is InChI=1S/C28H39BrClN5O4SSi/c1-19(22-15-31-27(30)32-16-22)34-11-10-20-8-9-23(14-21(20)17-34)40(36,37)35(18-38-12-13-41(5,6)7)26-24(29)25(39-33-26)28(2,3)4/h8-9,14-16,19H,10-13,17-18H2,1-7H3/t19-/m1/s1. The highest BCUT2D eigenvalue weighted by Crippen LogP contribution is 2.39. The molecule has 13 heteroatoms. The molecule has 1 aliphatic rings. The van der Waals surface area contributed by atoms with Crippen LogP contribution in [0.2, 0.25) is 31.0 Å². The lowest BCUT2D eigenvalue weighted by Crippen LogP contribution is -2.36. The van der Waals surface area contributed by atoms with Crippen LogP contribution >= 0.6 is 27.5 Å². The monoisotopic (exact) mass is 683 g/mol. The van der Waals surface area contributed by atoms with Crippen LogP contribution in [0, 0.1) is 0 Å². The largest absolute Gasteiger partial charge is 0.360 e. The lowest BCUT2D eigenvalue weighted by atomic mass is 9.93. The van der Waals surface area contributed by atoms with Gasteiger partial charge >= 0.3 is 0 Å². The zero-order valence-corrected chi connectivity index (χ0v) is 28.9. The molecule has 0 saturated carbocycles. The van der Waals surface area contributed by atoms with E-state index in [2.05, 4.69) is 62.5 Å². The van der Waals surface area contributed by atoms with Gasteiger partial charge in [0.05, 0.1) is 4.90 Å². The number of fused-ring (bicyclic) bond motifs is 1. The highest BCUT2D eigenvalue weighted by Gasteiger charge is 2.35. The summed E-state index contributed by atoms with van der Waals surface area (Å²) >= 11 is 9.44. The summed E-state index contributed by atoms with van der Waals surface area (Å²) in [5.41, 5.74) is 2.68. The molecule has 1 atom stereocenters. The molecule has 4 rings (SSSR count). The van der Waals surface area contributed by atoms with Gasteiger partial charge in [-0.2, -0.15) is 0 Å². The number of rotatable bonds is 10. The van der Waals surface area contributed by atoms with Gasteiger partial charge in [-0.1, -0.05) is 51.6 Å². The Bertz CT molecular complexity index is 1470. The molecule has 0 bridgehead atoms. The van der Waals surface area contributed by atoms with Crippen molar-refractivity contribution in [1.29, 1.82) is 0 Å². The quantitative estimate of drug-likeness (QED) is 0.0995. The molecular weight excluding hydrogens is 646 g/mol. The van der Waals surface area contributed by atoms with E-state index in [1.165, 1.54) is 4.31 Å². The molecule has 3 heterocycles. The van der Waals surface area contributed by atoms with E-state index in [0.29, 0.717) is 23.4 Å². The first-order valence-electron chi connectivity index (χ1n) is 13.7. The first-order valence-corrected chi connectivity index (χ1v) is 20.0. The first kappa shape index (κ1) is 32.1. The van der Waals surface area contributed by atoms with Crippen molar-refractivity contribution < 1.29 is 17.7 Å². The summed E-state index contributed by atoms with van der Waals surface area (Å²) in [4.78, 5) is 10.7. The Morgan fingerprint density at radius 3 is 2.49 bits per heavy atom. The van der Waals surface area contributed by atoms with Crippen LogP contribution in [0.5, 0.6) is 0 Å². The maximum absolute atomic E-state index is 14.2. The molecule has 0 spiro atoms. The Morgan fingerprint density at radius 2 is 1.88 bits per heavy atom. The number of ether oxygens (including phenoxy) is 1. The number of sulfonamides is 1. The lowest BCUT2D eigenvalue weighted by molar-refractivity contribution is 0.155. The average Bonchev–Trinajstić information content (AvgIpc) is 3.28. The molecule has 2 aromatic heterocycles. The Kier molecular flexibility index (Phi) is 9.72. The van der Waals surface area contributed by atoms with Gasteiger partial charge in [0.15, 0.2) is 5.76 Å².